The van der Waals surface area contributed by atoms with Crippen molar-refractivity contribution in [3.63, 3.8) is 0 Å². The summed E-state index contributed by atoms with van der Waals surface area (Å²) >= 11 is 5.83. The number of hydrogen-bond donors (Lipinski definition) is 1. The van der Waals surface area contributed by atoms with E-state index >= 15 is 0 Å². The highest BCUT2D eigenvalue weighted by Crippen LogP contribution is 2.18. The Morgan fingerprint density at radius 1 is 0.875 bits per heavy atom. The molecule has 24 heavy (non-hydrogen) atoms. The summed E-state index contributed by atoms with van der Waals surface area (Å²) in [5.41, 5.74) is 4.13. The van der Waals surface area contributed by atoms with Crippen LogP contribution < -0.4 is 5.32 Å². The summed E-state index contributed by atoms with van der Waals surface area (Å²) in [6.45, 7) is 0. The third kappa shape index (κ3) is 2.77. The quantitative estimate of drug-likeness (QED) is 0.443. The van der Waals surface area contributed by atoms with Crippen LogP contribution in [0.25, 0.3) is 22.1 Å². The van der Waals surface area contributed by atoms with E-state index < -0.39 is 0 Å². The molecule has 0 saturated carbocycles. The Morgan fingerprint density at radius 2 is 1.58 bits per heavy atom. The van der Waals surface area contributed by atoms with Crippen molar-refractivity contribution in [3.8, 4) is 0 Å². The second-order valence-corrected chi connectivity index (χ2v) is 5.62. The minimum absolute atomic E-state index is 0.242. The Hall–Kier alpha value is -3.05. The average molecular weight is 335 g/mol. The molecular formula is C18H11ClN4O. The number of halogens is 1. The number of aromatic nitrogens is 3. The first-order valence-corrected chi connectivity index (χ1v) is 7.66. The minimum atomic E-state index is -0.242. The van der Waals surface area contributed by atoms with Gasteiger partial charge in [0.1, 0.15) is 5.15 Å². The third-order valence-corrected chi connectivity index (χ3v) is 3.79. The van der Waals surface area contributed by atoms with Gasteiger partial charge in [-0.25, -0.2) is 15.0 Å². The first-order chi connectivity index (χ1) is 11.7. The lowest BCUT2D eigenvalue weighted by Crippen LogP contribution is -2.12. The van der Waals surface area contributed by atoms with Crippen molar-refractivity contribution in [3.05, 3.63) is 71.5 Å². The van der Waals surface area contributed by atoms with Gasteiger partial charge in [-0.2, -0.15) is 0 Å². The van der Waals surface area contributed by atoms with Crippen LogP contribution in [0.2, 0.25) is 5.15 Å². The van der Waals surface area contributed by atoms with Gasteiger partial charge in [-0.3, -0.25) is 4.79 Å². The molecule has 0 spiro atoms. The summed E-state index contributed by atoms with van der Waals surface area (Å²) < 4.78 is 0. The highest BCUT2D eigenvalue weighted by atomic mass is 35.5. The van der Waals surface area contributed by atoms with Gasteiger partial charge in [-0.15, -0.1) is 0 Å². The smallest absolute Gasteiger partial charge is 0.255 e. The van der Waals surface area contributed by atoms with E-state index in [1.165, 1.54) is 6.20 Å². The first kappa shape index (κ1) is 14.5. The van der Waals surface area contributed by atoms with Crippen molar-refractivity contribution >= 4 is 45.3 Å². The van der Waals surface area contributed by atoms with E-state index in [0.29, 0.717) is 21.9 Å². The lowest BCUT2D eigenvalue weighted by atomic mass is 10.1. The predicted molar refractivity (Wildman–Crippen MR) is 94.2 cm³/mol. The van der Waals surface area contributed by atoms with E-state index in [9.17, 15) is 4.79 Å². The van der Waals surface area contributed by atoms with Crippen molar-refractivity contribution in [2.24, 2.45) is 0 Å². The number of rotatable bonds is 2. The van der Waals surface area contributed by atoms with Gasteiger partial charge in [-0.05, 0) is 42.5 Å². The van der Waals surface area contributed by atoms with Crippen LogP contribution in [0.5, 0.6) is 0 Å². The molecule has 0 aliphatic heterocycles. The Bertz CT molecular complexity index is 1080. The van der Waals surface area contributed by atoms with E-state index in [0.717, 1.165) is 16.6 Å². The van der Waals surface area contributed by atoms with Crippen molar-refractivity contribution in [1.82, 2.24) is 15.0 Å². The lowest BCUT2D eigenvalue weighted by Gasteiger charge is -2.06. The fourth-order valence-corrected chi connectivity index (χ4v) is 2.62. The molecule has 0 bridgehead atoms. The van der Waals surface area contributed by atoms with Gasteiger partial charge in [0.25, 0.3) is 5.91 Å². The van der Waals surface area contributed by atoms with Crippen LogP contribution in [-0.4, -0.2) is 20.9 Å². The van der Waals surface area contributed by atoms with Gasteiger partial charge in [0, 0.05) is 17.4 Å². The molecule has 0 fully saturated rings. The van der Waals surface area contributed by atoms with Crippen LogP contribution in [0.15, 0.2) is 60.8 Å². The van der Waals surface area contributed by atoms with E-state index in [4.69, 9.17) is 11.6 Å². The van der Waals surface area contributed by atoms with Gasteiger partial charge >= 0.3 is 0 Å². The maximum atomic E-state index is 12.4. The van der Waals surface area contributed by atoms with Crippen molar-refractivity contribution in [2.75, 3.05) is 5.32 Å². The molecule has 0 aliphatic rings. The molecule has 2 aromatic carbocycles. The highest BCUT2D eigenvalue weighted by molar-refractivity contribution is 6.29. The maximum Gasteiger partial charge on any atom is 0.255 e. The van der Waals surface area contributed by atoms with Crippen LogP contribution in [0.1, 0.15) is 10.4 Å². The standard InChI is InChI=1S/C18H11ClN4O/c19-17-10-12(7-8-20-17)21-18(24)11-5-6-15-16(9-11)23-14-4-2-1-3-13(14)22-15/h1-10H,(H,20,21,24). The fraction of sp³-hybridized carbons (Fsp3) is 0. The van der Waals surface area contributed by atoms with Crippen molar-refractivity contribution in [2.45, 2.75) is 0 Å². The van der Waals surface area contributed by atoms with Gasteiger partial charge in [0.2, 0.25) is 0 Å². The van der Waals surface area contributed by atoms with E-state index in [1.807, 2.05) is 24.3 Å². The molecule has 0 radical (unpaired) electrons. The fourth-order valence-electron chi connectivity index (χ4n) is 2.45. The molecule has 0 saturated heterocycles. The number of nitrogens with zero attached hydrogens (tertiary/aromatic N) is 3. The van der Waals surface area contributed by atoms with Gasteiger partial charge in [-0.1, -0.05) is 23.7 Å². The van der Waals surface area contributed by atoms with Gasteiger partial charge in [0.05, 0.1) is 22.1 Å². The Morgan fingerprint density at radius 3 is 2.33 bits per heavy atom. The van der Waals surface area contributed by atoms with Crippen LogP contribution in [0.4, 0.5) is 5.69 Å². The molecule has 0 atom stereocenters. The summed E-state index contributed by atoms with van der Waals surface area (Å²) in [6, 6.07) is 16.2. The molecule has 0 unspecified atom stereocenters. The summed E-state index contributed by atoms with van der Waals surface area (Å²) in [5.74, 6) is -0.242. The second kappa shape index (κ2) is 5.86. The summed E-state index contributed by atoms with van der Waals surface area (Å²) in [7, 11) is 0. The third-order valence-electron chi connectivity index (χ3n) is 3.59. The van der Waals surface area contributed by atoms with E-state index in [2.05, 4.69) is 20.3 Å². The monoisotopic (exact) mass is 334 g/mol. The largest absolute Gasteiger partial charge is 0.322 e. The zero-order valence-corrected chi connectivity index (χ0v) is 13.2. The molecular weight excluding hydrogens is 324 g/mol. The molecule has 116 valence electrons. The van der Waals surface area contributed by atoms with Crippen molar-refractivity contribution < 1.29 is 4.79 Å². The summed E-state index contributed by atoms with van der Waals surface area (Å²) in [4.78, 5) is 25.4. The molecule has 1 N–H and O–H groups in total. The first-order valence-electron chi connectivity index (χ1n) is 7.28. The number of pyridine rings is 1. The number of benzene rings is 2. The number of nitrogens with one attached hydrogen (secondary N) is 1. The van der Waals surface area contributed by atoms with Crippen LogP contribution in [0, 0.1) is 0 Å². The van der Waals surface area contributed by atoms with E-state index in [1.54, 1.807) is 30.3 Å². The molecule has 6 heteroatoms. The number of fused-ring (bicyclic) bond motifs is 2. The SMILES string of the molecule is O=C(Nc1ccnc(Cl)c1)c1ccc2nc3ccccc3nc2c1. The van der Waals surface area contributed by atoms with E-state index in [-0.39, 0.29) is 5.91 Å². The van der Waals surface area contributed by atoms with Gasteiger partial charge < -0.3 is 5.32 Å². The minimum Gasteiger partial charge on any atom is -0.322 e. The second-order valence-electron chi connectivity index (χ2n) is 5.24. The Balaban J connectivity index is 1.71. The molecule has 1 amide bonds. The number of carbonyl (C=O) groups excluding carboxylic acids is 1. The Kier molecular flexibility index (Phi) is 3.55. The summed E-state index contributed by atoms with van der Waals surface area (Å²) in [6.07, 6.45) is 1.54. The number of amides is 1. The predicted octanol–water partition coefficient (Wildman–Crippen LogP) is 4.08. The van der Waals surface area contributed by atoms with Gasteiger partial charge in [0.15, 0.2) is 0 Å². The Labute approximate surface area is 142 Å². The molecule has 2 aromatic heterocycles. The number of carbonyl (C=O) groups is 1. The maximum absolute atomic E-state index is 12.4. The number of anilines is 1. The zero-order chi connectivity index (χ0) is 16.5. The molecule has 2 heterocycles. The molecule has 4 rings (SSSR count). The average Bonchev–Trinajstić information content (AvgIpc) is 2.59. The summed E-state index contributed by atoms with van der Waals surface area (Å²) in [5, 5.41) is 3.11. The molecule has 5 nitrogen and oxygen atoms in total. The zero-order valence-electron chi connectivity index (χ0n) is 12.4. The van der Waals surface area contributed by atoms with Crippen molar-refractivity contribution in [1.29, 1.82) is 0 Å². The highest BCUT2D eigenvalue weighted by Gasteiger charge is 2.09. The number of para-hydroxylation sites is 2. The lowest BCUT2D eigenvalue weighted by molar-refractivity contribution is 0.102. The molecule has 0 aliphatic carbocycles. The number of hydrogen-bond acceptors (Lipinski definition) is 4. The topological polar surface area (TPSA) is 67.8 Å². The molecule has 4 aromatic rings. The normalized spacial score (nSPS) is 10.9. The van der Waals surface area contributed by atoms with Crippen LogP contribution >= 0.6 is 11.6 Å². The van der Waals surface area contributed by atoms with Crippen LogP contribution in [-0.2, 0) is 0 Å². The van der Waals surface area contributed by atoms with Crippen LogP contribution in [0.3, 0.4) is 0 Å².